The highest BCUT2D eigenvalue weighted by molar-refractivity contribution is 5.96. The molecule has 0 spiro atoms. The summed E-state index contributed by atoms with van der Waals surface area (Å²) in [5, 5.41) is 15.4. The minimum atomic E-state index is -0.413. The van der Waals surface area contributed by atoms with E-state index in [0.717, 1.165) is 48.6 Å². The molecule has 0 aliphatic heterocycles. The molecule has 0 amide bonds. The summed E-state index contributed by atoms with van der Waals surface area (Å²) in [5.41, 5.74) is 2.50. The van der Waals surface area contributed by atoms with E-state index in [0.29, 0.717) is 0 Å². The van der Waals surface area contributed by atoms with E-state index < -0.39 is 5.60 Å². The molecule has 24 heavy (non-hydrogen) atoms. The van der Waals surface area contributed by atoms with Crippen LogP contribution in [0, 0.1) is 29.1 Å². The topological polar surface area (TPSA) is 41.8 Å². The lowest BCUT2D eigenvalue weighted by Crippen LogP contribution is -2.52. The average molecular weight is 332 g/mol. The summed E-state index contributed by atoms with van der Waals surface area (Å²) in [6.07, 6.45) is 12.9. The van der Waals surface area contributed by atoms with Gasteiger partial charge in [-0.1, -0.05) is 24.6 Å². The second-order valence-electron chi connectivity index (χ2n) is 8.98. The van der Waals surface area contributed by atoms with Gasteiger partial charge in [-0.25, -0.2) is 0 Å². The van der Waals surface area contributed by atoms with Crippen LogP contribution in [0.4, 0.5) is 0 Å². The largest absolute Gasteiger partial charge is 0.399 e. The molecule has 3 fully saturated rings. The van der Waals surface area contributed by atoms with Crippen LogP contribution < -0.4 is 0 Å². The smallest absolute Gasteiger partial charge is 0.106 e. The summed E-state index contributed by atoms with van der Waals surface area (Å²) in [4.78, 5) is 4.99. The third kappa shape index (κ3) is 2.23. The van der Waals surface area contributed by atoms with Crippen molar-refractivity contribution in [2.24, 2.45) is 34.2 Å². The van der Waals surface area contributed by atoms with E-state index >= 15 is 0 Å². The maximum Gasteiger partial charge on any atom is 0.106 e. The van der Waals surface area contributed by atoms with E-state index in [-0.39, 0.29) is 5.41 Å². The van der Waals surface area contributed by atoms with Gasteiger partial charge in [-0.15, -0.1) is 0 Å². The molecule has 4 rings (SSSR count). The highest BCUT2D eigenvalue weighted by atomic mass is 16.6. The monoisotopic (exact) mass is 331 g/mol. The van der Waals surface area contributed by atoms with E-state index in [2.05, 4.69) is 25.1 Å². The number of aliphatic hydroxyl groups is 1. The molecule has 0 bridgehead atoms. The lowest BCUT2D eigenvalue weighted by atomic mass is 9.50. The summed E-state index contributed by atoms with van der Waals surface area (Å²) in [6.45, 7) is 4.58. The van der Waals surface area contributed by atoms with Crippen molar-refractivity contribution in [3.8, 4) is 0 Å². The van der Waals surface area contributed by atoms with Gasteiger partial charge in [-0.05, 0) is 93.0 Å². The molecule has 0 aromatic carbocycles. The summed E-state index contributed by atoms with van der Waals surface area (Å²) in [6, 6.07) is 0. The summed E-state index contributed by atoms with van der Waals surface area (Å²) < 4.78 is 0. The molecule has 0 heterocycles. The molecule has 1 N–H and O–H groups in total. The second-order valence-corrected chi connectivity index (χ2v) is 8.98. The molecule has 134 valence electrons. The first kappa shape index (κ1) is 16.6. The predicted molar refractivity (Wildman–Crippen MR) is 96.8 cm³/mol. The molecule has 3 heteroatoms. The van der Waals surface area contributed by atoms with Crippen molar-refractivity contribution >= 4 is 5.71 Å². The van der Waals surface area contributed by atoms with Gasteiger partial charge in [0, 0.05) is 0 Å². The molecule has 0 unspecified atom stereocenters. The number of allylic oxidation sites excluding steroid dienone is 2. The molecule has 6 atom stereocenters. The van der Waals surface area contributed by atoms with Gasteiger partial charge in [0.05, 0.1) is 11.3 Å². The van der Waals surface area contributed by atoms with Crippen LogP contribution in [0.1, 0.15) is 71.6 Å². The molecular weight excluding hydrogens is 298 g/mol. The SMILES string of the molecule is CC[C@]1(O)CC[C@H]2[C@@H]3CCC4=C/C(=N/OC)CC[C@@H]4[C@H]3CC[C@@]21C. The zero-order chi connectivity index (χ0) is 16.9. The molecule has 0 saturated heterocycles. The quantitative estimate of drug-likeness (QED) is 0.745. The summed E-state index contributed by atoms with van der Waals surface area (Å²) in [5.74, 6) is 3.16. The Balaban J connectivity index is 1.59. The number of fused-ring (bicyclic) bond motifs is 5. The van der Waals surface area contributed by atoms with E-state index in [4.69, 9.17) is 4.84 Å². The van der Waals surface area contributed by atoms with Gasteiger partial charge in [0.15, 0.2) is 0 Å². The zero-order valence-corrected chi connectivity index (χ0v) is 15.6. The molecule has 3 nitrogen and oxygen atoms in total. The number of hydrogen-bond donors (Lipinski definition) is 1. The van der Waals surface area contributed by atoms with E-state index in [9.17, 15) is 5.11 Å². The van der Waals surface area contributed by atoms with Crippen molar-refractivity contribution in [3.63, 3.8) is 0 Å². The first-order valence-corrected chi connectivity index (χ1v) is 10.1. The molecular formula is C21H33NO2. The summed E-state index contributed by atoms with van der Waals surface area (Å²) >= 11 is 0. The Labute approximate surface area is 146 Å². The van der Waals surface area contributed by atoms with Crippen LogP contribution in [0.2, 0.25) is 0 Å². The van der Waals surface area contributed by atoms with Gasteiger partial charge in [0.25, 0.3) is 0 Å². The van der Waals surface area contributed by atoms with Crippen molar-refractivity contribution in [1.29, 1.82) is 0 Å². The van der Waals surface area contributed by atoms with Crippen LogP contribution >= 0.6 is 0 Å². The van der Waals surface area contributed by atoms with Crippen molar-refractivity contribution in [2.45, 2.75) is 77.2 Å². The molecule has 0 aromatic rings. The molecule has 0 aromatic heterocycles. The van der Waals surface area contributed by atoms with Crippen molar-refractivity contribution in [3.05, 3.63) is 11.6 Å². The van der Waals surface area contributed by atoms with Gasteiger partial charge in [-0.3, -0.25) is 0 Å². The summed E-state index contributed by atoms with van der Waals surface area (Å²) in [7, 11) is 1.64. The van der Waals surface area contributed by atoms with Gasteiger partial charge in [-0.2, -0.15) is 0 Å². The van der Waals surface area contributed by atoms with Gasteiger partial charge >= 0.3 is 0 Å². The number of oxime groups is 1. The fourth-order valence-corrected chi connectivity index (χ4v) is 7.07. The number of nitrogens with zero attached hydrogens (tertiary/aromatic N) is 1. The minimum absolute atomic E-state index is 0.154. The zero-order valence-electron chi connectivity index (χ0n) is 15.6. The van der Waals surface area contributed by atoms with Crippen LogP contribution in [-0.2, 0) is 4.84 Å². The lowest BCUT2D eigenvalue weighted by molar-refractivity contribution is -0.118. The molecule has 0 radical (unpaired) electrons. The highest BCUT2D eigenvalue weighted by Gasteiger charge is 2.61. The number of rotatable bonds is 2. The van der Waals surface area contributed by atoms with E-state index in [1.807, 2.05) is 0 Å². The van der Waals surface area contributed by atoms with Crippen molar-refractivity contribution in [1.82, 2.24) is 0 Å². The Morgan fingerprint density at radius 2 is 2.00 bits per heavy atom. The number of hydrogen-bond acceptors (Lipinski definition) is 3. The minimum Gasteiger partial charge on any atom is -0.399 e. The molecule has 4 aliphatic rings. The average Bonchev–Trinajstić information content (AvgIpc) is 2.87. The van der Waals surface area contributed by atoms with Crippen LogP contribution in [0.15, 0.2) is 16.8 Å². The van der Waals surface area contributed by atoms with Gasteiger partial charge in [0.2, 0.25) is 0 Å². The van der Waals surface area contributed by atoms with E-state index in [1.165, 1.54) is 38.5 Å². The Morgan fingerprint density at radius 3 is 2.75 bits per heavy atom. The lowest BCUT2D eigenvalue weighted by Gasteiger charge is -2.55. The van der Waals surface area contributed by atoms with Crippen LogP contribution in [0.25, 0.3) is 0 Å². The fourth-order valence-electron chi connectivity index (χ4n) is 7.07. The van der Waals surface area contributed by atoms with Crippen molar-refractivity contribution < 1.29 is 9.94 Å². The highest BCUT2D eigenvalue weighted by Crippen LogP contribution is 2.65. The first-order valence-electron chi connectivity index (χ1n) is 10.1. The first-order chi connectivity index (χ1) is 11.5. The Morgan fingerprint density at radius 1 is 1.17 bits per heavy atom. The second kappa shape index (κ2) is 5.86. The van der Waals surface area contributed by atoms with E-state index in [1.54, 1.807) is 12.7 Å². The van der Waals surface area contributed by atoms with Gasteiger partial charge < -0.3 is 9.94 Å². The Hall–Kier alpha value is -0.830. The Bertz CT molecular complexity index is 568. The van der Waals surface area contributed by atoms with Crippen molar-refractivity contribution in [2.75, 3.05) is 7.11 Å². The fraction of sp³-hybridized carbons (Fsp3) is 0.857. The predicted octanol–water partition coefficient (Wildman–Crippen LogP) is 4.70. The molecule has 3 saturated carbocycles. The maximum atomic E-state index is 11.2. The normalized spacial score (nSPS) is 49.2. The third-order valence-corrected chi connectivity index (χ3v) is 8.43. The standard InChI is InChI=1S/C21H33NO2/c1-4-21(23)12-10-19-18-7-5-14-13-15(22-24-3)6-8-16(14)17(18)9-11-20(19,21)2/h13,16-19,23H,4-12H2,1-3H3/b22-15+/t16-,17+,18+,19-,20-,21-/m0/s1. The Kier molecular flexibility index (Phi) is 4.06. The van der Waals surface area contributed by atoms with Gasteiger partial charge in [0.1, 0.15) is 7.11 Å². The van der Waals surface area contributed by atoms with Crippen LogP contribution in [0.3, 0.4) is 0 Å². The van der Waals surface area contributed by atoms with Crippen LogP contribution in [0.5, 0.6) is 0 Å². The van der Waals surface area contributed by atoms with Crippen LogP contribution in [-0.4, -0.2) is 23.5 Å². The third-order valence-electron chi connectivity index (χ3n) is 8.43. The molecule has 4 aliphatic carbocycles. The maximum absolute atomic E-state index is 11.2.